The van der Waals surface area contributed by atoms with Gasteiger partial charge in [-0.1, -0.05) is 29.8 Å². The van der Waals surface area contributed by atoms with Gasteiger partial charge in [0.2, 0.25) is 10.0 Å². The summed E-state index contributed by atoms with van der Waals surface area (Å²) in [6.07, 6.45) is 0.521. The number of benzene rings is 2. The van der Waals surface area contributed by atoms with Gasteiger partial charge in [0.1, 0.15) is 17.1 Å². The van der Waals surface area contributed by atoms with E-state index in [1.807, 2.05) is 38.1 Å². The third-order valence-corrected chi connectivity index (χ3v) is 5.87. The van der Waals surface area contributed by atoms with Crippen molar-refractivity contribution in [2.75, 3.05) is 7.11 Å². The lowest BCUT2D eigenvalue weighted by Gasteiger charge is -2.37. The molecule has 0 aromatic heterocycles. The van der Waals surface area contributed by atoms with E-state index < -0.39 is 15.6 Å². The minimum absolute atomic E-state index is 0.0973. The molecule has 1 atom stereocenters. The van der Waals surface area contributed by atoms with Gasteiger partial charge in [-0.25, -0.2) is 13.1 Å². The molecule has 1 N–H and O–H groups in total. The summed E-state index contributed by atoms with van der Waals surface area (Å²) in [6, 6.07) is 11.5. The summed E-state index contributed by atoms with van der Waals surface area (Å²) in [4.78, 5) is 0.0973. The summed E-state index contributed by atoms with van der Waals surface area (Å²) in [6.45, 7) is 3.88. The molecule has 0 aliphatic carbocycles. The van der Waals surface area contributed by atoms with Crippen molar-refractivity contribution in [3.8, 4) is 11.5 Å². The predicted molar refractivity (Wildman–Crippen MR) is 96.8 cm³/mol. The van der Waals surface area contributed by atoms with Gasteiger partial charge in [-0.05, 0) is 38.1 Å². The summed E-state index contributed by atoms with van der Waals surface area (Å²) in [5.41, 5.74) is 0.351. The van der Waals surface area contributed by atoms with Gasteiger partial charge >= 0.3 is 0 Å². The Morgan fingerprint density at radius 3 is 2.64 bits per heavy atom. The number of fused-ring (bicyclic) bond motifs is 1. The lowest BCUT2D eigenvalue weighted by Crippen LogP contribution is -2.41. The van der Waals surface area contributed by atoms with Crippen molar-refractivity contribution in [1.29, 1.82) is 0 Å². The predicted octanol–water partition coefficient (Wildman–Crippen LogP) is 3.93. The van der Waals surface area contributed by atoms with Gasteiger partial charge in [0.15, 0.2) is 0 Å². The van der Waals surface area contributed by atoms with Gasteiger partial charge in [0.05, 0.1) is 23.1 Å². The van der Waals surface area contributed by atoms with E-state index in [-0.39, 0.29) is 16.0 Å². The van der Waals surface area contributed by atoms with Gasteiger partial charge in [0, 0.05) is 12.0 Å². The molecule has 2 aromatic rings. The van der Waals surface area contributed by atoms with E-state index in [9.17, 15) is 8.42 Å². The Bertz CT molecular complexity index is 896. The Balaban J connectivity index is 1.94. The molecule has 0 bridgehead atoms. The van der Waals surface area contributed by atoms with Crippen molar-refractivity contribution in [2.45, 2.75) is 36.8 Å². The van der Waals surface area contributed by atoms with E-state index in [1.165, 1.54) is 19.2 Å². The van der Waals surface area contributed by atoms with Gasteiger partial charge in [0.25, 0.3) is 0 Å². The molecule has 0 saturated carbocycles. The lowest BCUT2D eigenvalue weighted by atomic mass is 9.90. The molecule has 0 saturated heterocycles. The normalized spacial score (nSPS) is 19.0. The van der Waals surface area contributed by atoms with Crippen LogP contribution in [0.3, 0.4) is 0 Å². The van der Waals surface area contributed by atoms with Crippen LogP contribution in [-0.2, 0) is 10.0 Å². The quantitative estimate of drug-likeness (QED) is 0.871. The molecule has 0 radical (unpaired) electrons. The highest BCUT2D eigenvalue weighted by Crippen LogP contribution is 2.40. The fourth-order valence-corrected chi connectivity index (χ4v) is 4.54. The monoisotopic (exact) mass is 381 g/mol. The van der Waals surface area contributed by atoms with Crippen LogP contribution in [0.2, 0.25) is 5.02 Å². The molecular formula is C18H20ClNO4S. The fraction of sp³-hybridized carbons (Fsp3) is 0.333. The Hall–Kier alpha value is -1.76. The first-order chi connectivity index (χ1) is 11.7. The second-order valence-corrected chi connectivity index (χ2v) is 8.70. The van der Waals surface area contributed by atoms with E-state index >= 15 is 0 Å². The first kappa shape index (κ1) is 18.0. The summed E-state index contributed by atoms with van der Waals surface area (Å²) in [7, 11) is -2.27. The van der Waals surface area contributed by atoms with Crippen LogP contribution in [0, 0.1) is 0 Å². The minimum Gasteiger partial charge on any atom is -0.495 e. The van der Waals surface area contributed by atoms with E-state index in [4.69, 9.17) is 21.1 Å². The highest BCUT2D eigenvalue weighted by atomic mass is 35.5. The Kier molecular flexibility index (Phi) is 4.70. The Labute approximate surface area is 153 Å². The average Bonchev–Trinajstić information content (AvgIpc) is 2.53. The molecule has 0 unspecified atom stereocenters. The summed E-state index contributed by atoms with van der Waals surface area (Å²) in [5, 5.41) is 0.248. The van der Waals surface area contributed by atoms with Crippen molar-refractivity contribution < 1.29 is 17.9 Å². The number of methoxy groups -OCH3 is 1. The maximum atomic E-state index is 12.8. The lowest BCUT2D eigenvalue weighted by molar-refractivity contribution is 0.0702. The number of rotatable bonds is 4. The van der Waals surface area contributed by atoms with Gasteiger partial charge < -0.3 is 9.47 Å². The van der Waals surface area contributed by atoms with E-state index in [1.54, 1.807) is 6.07 Å². The van der Waals surface area contributed by atoms with Crippen molar-refractivity contribution in [3.05, 3.63) is 53.1 Å². The van der Waals surface area contributed by atoms with Crippen LogP contribution in [0.1, 0.15) is 31.9 Å². The summed E-state index contributed by atoms with van der Waals surface area (Å²) < 4.78 is 39.4. The second-order valence-electron chi connectivity index (χ2n) is 6.57. The number of hydrogen-bond donors (Lipinski definition) is 1. The van der Waals surface area contributed by atoms with Crippen LogP contribution >= 0.6 is 11.6 Å². The number of para-hydroxylation sites is 1. The molecule has 5 nitrogen and oxygen atoms in total. The highest BCUT2D eigenvalue weighted by molar-refractivity contribution is 7.89. The zero-order chi connectivity index (χ0) is 18.2. The van der Waals surface area contributed by atoms with Gasteiger partial charge in [-0.3, -0.25) is 0 Å². The molecule has 0 amide bonds. The second kappa shape index (κ2) is 6.52. The molecule has 0 spiro atoms. The van der Waals surface area contributed by atoms with Crippen molar-refractivity contribution in [2.24, 2.45) is 0 Å². The molecule has 7 heteroatoms. The molecule has 25 heavy (non-hydrogen) atoms. The molecule has 1 aliphatic rings. The largest absolute Gasteiger partial charge is 0.495 e. The summed E-state index contributed by atoms with van der Waals surface area (Å²) in [5.74, 6) is 1.12. The zero-order valence-corrected chi connectivity index (χ0v) is 15.8. The third-order valence-electron chi connectivity index (χ3n) is 4.11. The van der Waals surface area contributed by atoms with E-state index in [2.05, 4.69) is 4.72 Å². The minimum atomic E-state index is -3.75. The van der Waals surface area contributed by atoms with Crippen LogP contribution in [0.15, 0.2) is 47.4 Å². The van der Waals surface area contributed by atoms with Crippen molar-refractivity contribution in [3.63, 3.8) is 0 Å². The number of ether oxygens (including phenoxy) is 2. The zero-order valence-electron chi connectivity index (χ0n) is 14.2. The van der Waals surface area contributed by atoms with Crippen LogP contribution < -0.4 is 14.2 Å². The SMILES string of the molecule is COc1ccc(S(=O)(=O)N[C@@H]2CC(C)(C)Oc3ccccc32)cc1Cl. The van der Waals surface area contributed by atoms with Gasteiger partial charge in [-0.15, -0.1) is 0 Å². The standard InChI is InChI=1S/C18H20ClNO4S/c1-18(2)11-15(13-6-4-5-7-16(13)24-18)20-25(21,22)12-8-9-17(23-3)14(19)10-12/h4-10,15,20H,11H2,1-3H3/t15-/m1/s1. The number of sulfonamides is 1. The molecule has 0 fully saturated rings. The van der Waals surface area contributed by atoms with E-state index in [0.717, 1.165) is 5.56 Å². The smallest absolute Gasteiger partial charge is 0.241 e. The molecule has 2 aromatic carbocycles. The highest BCUT2D eigenvalue weighted by Gasteiger charge is 2.36. The Morgan fingerprint density at radius 2 is 1.96 bits per heavy atom. The average molecular weight is 382 g/mol. The first-order valence-corrected chi connectivity index (χ1v) is 9.72. The fourth-order valence-electron chi connectivity index (χ4n) is 2.98. The number of nitrogens with one attached hydrogen (secondary N) is 1. The number of hydrogen-bond acceptors (Lipinski definition) is 4. The molecule has 1 aliphatic heterocycles. The molecule has 3 rings (SSSR count). The first-order valence-electron chi connectivity index (χ1n) is 7.86. The van der Waals surface area contributed by atoms with Crippen molar-refractivity contribution >= 4 is 21.6 Å². The third kappa shape index (κ3) is 3.76. The number of halogens is 1. The topological polar surface area (TPSA) is 64.6 Å². The van der Waals surface area contributed by atoms with Crippen LogP contribution in [-0.4, -0.2) is 21.1 Å². The Morgan fingerprint density at radius 1 is 1.24 bits per heavy atom. The molecular weight excluding hydrogens is 362 g/mol. The van der Waals surface area contributed by atoms with E-state index in [0.29, 0.717) is 17.9 Å². The maximum Gasteiger partial charge on any atom is 0.241 e. The summed E-state index contributed by atoms with van der Waals surface area (Å²) >= 11 is 6.07. The van der Waals surface area contributed by atoms with Crippen LogP contribution in [0.5, 0.6) is 11.5 Å². The van der Waals surface area contributed by atoms with Crippen LogP contribution in [0.25, 0.3) is 0 Å². The maximum absolute atomic E-state index is 12.8. The van der Waals surface area contributed by atoms with Crippen LogP contribution in [0.4, 0.5) is 0 Å². The molecule has 134 valence electrons. The van der Waals surface area contributed by atoms with Gasteiger partial charge in [-0.2, -0.15) is 0 Å². The molecule has 1 heterocycles. The van der Waals surface area contributed by atoms with Crippen molar-refractivity contribution in [1.82, 2.24) is 4.72 Å².